The van der Waals surface area contributed by atoms with Crippen LogP contribution in [-0.2, 0) is 4.79 Å². The molecule has 0 bridgehead atoms. The van der Waals surface area contributed by atoms with Crippen LogP contribution in [0.4, 0.5) is 0 Å². The summed E-state index contributed by atoms with van der Waals surface area (Å²) in [6.45, 7) is 6.22. The molecule has 2 N–H and O–H groups in total. The van der Waals surface area contributed by atoms with Crippen molar-refractivity contribution in [3.8, 4) is 0 Å². The normalized spacial score (nSPS) is 24.1. The summed E-state index contributed by atoms with van der Waals surface area (Å²) in [4.78, 5) is 12.0. The van der Waals surface area contributed by atoms with Gasteiger partial charge in [0, 0.05) is 12.5 Å². The van der Waals surface area contributed by atoms with E-state index in [2.05, 4.69) is 24.5 Å². The molecule has 1 saturated carbocycles. The zero-order valence-electron chi connectivity index (χ0n) is 10.9. The van der Waals surface area contributed by atoms with E-state index in [1.54, 1.807) is 0 Å². The average molecular weight is 226 g/mol. The Morgan fingerprint density at radius 2 is 2.06 bits per heavy atom. The molecule has 1 aliphatic carbocycles. The minimum absolute atomic E-state index is 0.186. The van der Waals surface area contributed by atoms with Gasteiger partial charge in [0.1, 0.15) is 0 Å². The third-order valence-electron chi connectivity index (χ3n) is 3.73. The largest absolute Gasteiger partial charge is 0.356 e. The lowest BCUT2D eigenvalue weighted by molar-refractivity contribution is -0.130. The van der Waals surface area contributed by atoms with E-state index in [1.807, 2.05) is 7.05 Å². The maximum absolute atomic E-state index is 12.0. The maximum atomic E-state index is 12.0. The second-order valence-electron chi connectivity index (χ2n) is 5.54. The van der Waals surface area contributed by atoms with Gasteiger partial charge in [0.25, 0.3) is 0 Å². The lowest BCUT2D eigenvalue weighted by Gasteiger charge is -2.37. The van der Waals surface area contributed by atoms with Crippen molar-refractivity contribution in [3.63, 3.8) is 0 Å². The number of carbonyl (C=O) groups is 1. The number of hydrogen-bond donors (Lipinski definition) is 2. The van der Waals surface area contributed by atoms with Crippen LogP contribution in [0.25, 0.3) is 0 Å². The van der Waals surface area contributed by atoms with E-state index >= 15 is 0 Å². The van der Waals surface area contributed by atoms with Gasteiger partial charge in [-0.1, -0.05) is 26.7 Å². The lowest BCUT2D eigenvalue weighted by atomic mass is 9.68. The first-order chi connectivity index (χ1) is 7.58. The lowest BCUT2D eigenvalue weighted by Crippen LogP contribution is -2.41. The first-order valence-electron chi connectivity index (χ1n) is 6.50. The number of hydrogen-bond acceptors (Lipinski definition) is 2. The molecule has 1 unspecified atom stereocenters. The minimum atomic E-state index is 0.186. The summed E-state index contributed by atoms with van der Waals surface area (Å²) >= 11 is 0. The van der Waals surface area contributed by atoms with Gasteiger partial charge in [-0.25, -0.2) is 0 Å². The molecule has 0 aromatic rings. The Morgan fingerprint density at radius 3 is 2.69 bits per heavy atom. The fourth-order valence-corrected chi connectivity index (χ4v) is 2.58. The molecule has 1 atom stereocenters. The summed E-state index contributed by atoms with van der Waals surface area (Å²) in [5.41, 5.74) is 0.186. The van der Waals surface area contributed by atoms with Crippen molar-refractivity contribution >= 4 is 5.91 Å². The van der Waals surface area contributed by atoms with Crippen LogP contribution in [0.5, 0.6) is 0 Å². The quantitative estimate of drug-likeness (QED) is 0.703. The van der Waals surface area contributed by atoms with Gasteiger partial charge in [-0.2, -0.15) is 0 Å². The smallest absolute Gasteiger partial charge is 0.223 e. The summed E-state index contributed by atoms with van der Waals surface area (Å²) in [5, 5.41) is 6.15. The van der Waals surface area contributed by atoms with Crippen LogP contribution in [0, 0.1) is 11.3 Å². The molecule has 0 spiro atoms. The van der Waals surface area contributed by atoms with Crippen LogP contribution in [0.2, 0.25) is 0 Å². The molecule has 16 heavy (non-hydrogen) atoms. The Morgan fingerprint density at radius 1 is 1.31 bits per heavy atom. The monoisotopic (exact) mass is 226 g/mol. The molecular weight excluding hydrogens is 200 g/mol. The van der Waals surface area contributed by atoms with Gasteiger partial charge in [0.2, 0.25) is 5.91 Å². The van der Waals surface area contributed by atoms with Crippen molar-refractivity contribution in [3.05, 3.63) is 0 Å². The van der Waals surface area contributed by atoms with Crippen molar-refractivity contribution in [2.75, 3.05) is 20.1 Å². The summed E-state index contributed by atoms with van der Waals surface area (Å²) in [5.74, 6) is 0.483. The Kier molecular flexibility index (Phi) is 5.26. The average Bonchev–Trinajstić information content (AvgIpc) is 2.23. The first-order valence-corrected chi connectivity index (χ1v) is 6.50. The van der Waals surface area contributed by atoms with Crippen LogP contribution in [0.15, 0.2) is 0 Å². The van der Waals surface area contributed by atoms with Gasteiger partial charge < -0.3 is 10.6 Å². The number of amides is 1. The van der Waals surface area contributed by atoms with Crippen molar-refractivity contribution in [2.24, 2.45) is 11.3 Å². The highest BCUT2D eigenvalue weighted by atomic mass is 16.1. The summed E-state index contributed by atoms with van der Waals surface area (Å²) < 4.78 is 0. The molecule has 3 nitrogen and oxygen atoms in total. The molecule has 0 aliphatic heterocycles. The van der Waals surface area contributed by atoms with Gasteiger partial charge in [-0.05, 0) is 38.3 Å². The highest BCUT2D eigenvalue weighted by Crippen LogP contribution is 2.40. The number of nitrogens with one attached hydrogen (secondary N) is 2. The van der Waals surface area contributed by atoms with Crippen LogP contribution in [-0.4, -0.2) is 26.0 Å². The molecule has 1 amide bonds. The van der Waals surface area contributed by atoms with E-state index in [9.17, 15) is 4.79 Å². The molecule has 1 fully saturated rings. The molecule has 3 heteroatoms. The molecule has 0 aromatic carbocycles. The topological polar surface area (TPSA) is 41.1 Å². The molecule has 0 radical (unpaired) electrons. The summed E-state index contributed by atoms with van der Waals surface area (Å²) in [6, 6.07) is 0. The van der Waals surface area contributed by atoms with E-state index in [0.717, 1.165) is 25.9 Å². The Labute approximate surface area is 99.4 Å². The van der Waals surface area contributed by atoms with Gasteiger partial charge >= 0.3 is 0 Å². The predicted molar refractivity (Wildman–Crippen MR) is 67.3 cm³/mol. The van der Waals surface area contributed by atoms with Gasteiger partial charge in [0.15, 0.2) is 0 Å². The van der Waals surface area contributed by atoms with Gasteiger partial charge in [0.05, 0.1) is 0 Å². The van der Waals surface area contributed by atoms with Crippen molar-refractivity contribution in [1.82, 2.24) is 10.6 Å². The standard InChI is InChI=1S/C13H26N2O/c1-13(2)8-5-4-7-11(13)12(16)15-10-6-9-14-3/h11,14H,4-10H2,1-3H3,(H,15,16). The first kappa shape index (κ1) is 13.5. The molecule has 0 aromatic heterocycles. The van der Waals surface area contributed by atoms with Gasteiger partial charge in [-0.15, -0.1) is 0 Å². The van der Waals surface area contributed by atoms with E-state index in [0.29, 0.717) is 0 Å². The van der Waals surface area contributed by atoms with Crippen molar-refractivity contribution < 1.29 is 4.79 Å². The molecule has 0 saturated heterocycles. The highest BCUT2D eigenvalue weighted by molar-refractivity contribution is 5.79. The number of carbonyl (C=O) groups excluding carboxylic acids is 1. The zero-order valence-corrected chi connectivity index (χ0v) is 10.9. The van der Waals surface area contributed by atoms with Gasteiger partial charge in [-0.3, -0.25) is 4.79 Å². The van der Waals surface area contributed by atoms with Crippen LogP contribution in [0.1, 0.15) is 46.0 Å². The summed E-state index contributed by atoms with van der Waals surface area (Å²) in [6.07, 6.45) is 5.73. The van der Waals surface area contributed by atoms with Crippen LogP contribution in [0.3, 0.4) is 0 Å². The second-order valence-corrected chi connectivity index (χ2v) is 5.54. The fraction of sp³-hybridized carbons (Fsp3) is 0.923. The van der Waals surface area contributed by atoms with E-state index in [4.69, 9.17) is 0 Å². The Bertz CT molecular complexity index is 226. The molecule has 1 aliphatic rings. The third-order valence-corrected chi connectivity index (χ3v) is 3.73. The SMILES string of the molecule is CNCCCNC(=O)C1CCCCC1(C)C. The molecule has 1 rings (SSSR count). The van der Waals surface area contributed by atoms with E-state index in [1.165, 1.54) is 19.3 Å². The molecule has 0 heterocycles. The molecular formula is C13H26N2O. The highest BCUT2D eigenvalue weighted by Gasteiger charge is 2.36. The van der Waals surface area contributed by atoms with Crippen molar-refractivity contribution in [1.29, 1.82) is 0 Å². The fourth-order valence-electron chi connectivity index (χ4n) is 2.58. The van der Waals surface area contributed by atoms with E-state index in [-0.39, 0.29) is 17.2 Å². The maximum Gasteiger partial charge on any atom is 0.223 e. The van der Waals surface area contributed by atoms with Crippen LogP contribution >= 0.6 is 0 Å². The predicted octanol–water partition coefficient (Wildman–Crippen LogP) is 1.93. The third kappa shape index (κ3) is 3.78. The zero-order chi connectivity index (χ0) is 12.0. The second kappa shape index (κ2) is 6.24. The number of rotatable bonds is 5. The van der Waals surface area contributed by atoms with Crippen LogP contribution < -0.4 is 10.6 Å². The minimum Gasteiger partial charge on any atom is -0.356 e. The summed E-state index contributed by atoms with van der Waals surface area (Å²) in [7, 11) is 1.94. The van der Waals surface area contributed by atoms with E-state index < -0.39 is 0 Å². The molecule has 94 valence electrons. The Hall–Kier alpha value is -0.570. The Balaban J connectivity index is 2.34. The van der Waals surface area contributed by atoms with Crippen molar-refractivity contribution in [2.45, 2.75) is 46.0 Å².